The molecule has 1 amide bonds. The third kappa shape index (κ3) is 6.78. The summed E-state index contributed by atoms with van der Waals surface area (Å²) in [4.78, 5) is 13.7. The summed E-state index contributed by atoms with van der Waals surface area (Å²) < 4.78 is 5.94. The van der Waals surface area contributed by atoms with Gasteiger partial charge in [-0.05, 0) is 64.9 Å². The van der Waals surface area contributed by atoms with Crippen LogP contribution in [0.3, 0.4) is 0 Å². The third-order valence-electron chi connectivity index (χ3n) is 6.69. The van der Waals surface area contributed by atoms with Crippen LogP contribution in [0.25, 0.3) is 11.1 Å². The number of hydrogen-bond donors (Lipinski definition) is 3. The maximum Gasteiger partial charge on any atom is 0.246 e. The van der Waals surface area contributed by atoms with Gasteiger partial charge in [0.15, 0.2) is 0 Å². The van der Waals surface area contributed by atoms with Crippen LogP contribution >= 0.6 is 0 Å². The van der Waals surface area contributed by atoms with Gasteiger partial charge in [0.1, 0.15) is 12.4 Å². The molecule has 0 radical (unpaired) electrons. The number of nitrogen functional groups attached to an aromatic ring is 1. The molecule has 6 nitrogen and oxygen atoms in total. The molecule has 4 rings (SSSR count). The third-order valence-corrected chi connectivity index (χ3v) is 6.69. The number of ether oxygens (including phenoxy) is 1. The first kappa shape index (κ1) is 26.9. The molecule has 1 aliphatic rings. The Hall–Kier alpha value is -4.16. The first-order chi connectivity index (χ1) is 18.6. The van der Waals surface area contributed by atoms with E-state index in [0.29, 0.717) is 30.9 Å². The predicted octanol–water partition coefficient (Wildman–Crippen LogP) is 5.39. The maximum atomic E-state index is 11.8. The number of carbonyl (C=O) groups excluding carboxylic acids is 1. The minimum absolute atomic E-state index is 0.0920. The molecular weight excluding hydrogens is 472 g/mol. The molecular formula is C32H36N4O2. The average Bonchev–Trinajstić information content (AvgIpc) is 2.91. The van der Waals surface area contributed by atoms with Crippen molar-refractivity contribution in [3.05, 3.63) is 107 Å². The van der Waals surface area contributed by atoms with Crippen molar-refractivity contribution in [2.24, 2.45) is 0 Å². The van der Waals surface area contributed by atoms with Crippen molar-refractivity contribution in [3.63, 3.8) is 0 Å². The summed E-state index contributed by atoms with van der Waals surface area (Å²) in [6, 6.07) is 24.4. The molecule has 0 spiro atoms. The van der Waals surface area contributed by atoms with Crippen molar-refractivity contribution in [3.8, 4) is 5.75 Å². The second-order valence-corrected chi connectivity index (χ2v) is 9.22. The standard InChI is InChI=1S/C32H36N4O2/c1-2-29(24-8-4-3-5-9-24)32(26-13-16-30(34)27(22-26)23-33)25-11-14-28(15-12-25)38-21-18-35-17-6-10-31(37)36-19-7-20-36/h3-6,8-16,22-23,33,35H,2,7,17-21,34H2,1H3/b10-6+,32-29+,33-23?. The lowest BCUT2D eigenvalue weighted by molar-refractivity contribution is -0.129. The highest BCUT2D eigenvalue weighted by atomic mass is 16.5. The lowest BCUT2D eigenvalue weighted by Gasteiger charge is -2.29. The van der Waals surface area contributed by atoms with Gasteiger partial charge < -0.3 is 26.1 Å². The molecule has 6 heteroatoms. The fourth-order valence-electron chi connectivity index (χ4n) is 4.48. The molecule has 3 aromatic carbocycles. The van der Waals surface area contributed by atoms with Crippen molar-refractivity contribution < 1.29 is 9.53 Å². The molecule has 1 saturated heterocycles. The van der Waals surface area contributed by atoms with E-state index in [0.717, 1.165) is 48.4 Å². The van der Waals surface area contributed by atoms with Crippen LogP contribution < -0.4 is 15.8 Å². The second kappa shape index (κ2) is 13.4. The lowest BCUT2D eigenvalue weighted by atomic mass is 9.87. The monoisotopic (exact) mass is 508 g/mol. The van der Waals surface area contributed by atoms with Crippen LogP contribution in [-0.4, -0.2) is 49.8 Å². The van der Waals surface area contributed by atoms with E-state index >= 15 is 0 Å². The highest BCUT2D eigenvalue weighted by Crippen LogP contribution is 2.35. The lowest BCUT2D eigenvalue weighted by Crippen LogP contribution is -2.41. The quantitative estimate of drug-likeness (QED) is 0.101. The highest BCUT2D eigenvalue weighted by molar-refractivity contribution is 6.00. The van der Waals surface area contributed by atoms with Crippen LogP contribution in [-0.2, 0) is 4.79 Å². The van der Waals surface area contributed by atoms with E-state index in [1.165, 1.54) is 17.4 Å². The minimum Gasteiger partial charge on any atom is -0.492 e. The minimum atomic E-state index is 0.0920. The van der Waals surface area contributed by atoms with E-state index in [2.05, 4.69) is 48.6 Å². The van der Waals surface area contributed by atoms with E-state index in [4.69, 9.17) is 15.9 Å². The number of nitrogens with one attached hydrogen (secondary N) is 2. The number of allylic oxidation sites excluding steroid dienone is 1. The Morgan fingerprint density at radius 1 is 1.03 bits per heavy atom. The Bertz CT molecular complexity index is 1290. The molecule has 0 bridgehead atoms. The van der Waals surface area contributed by atoms with Crippen molar-refractivity contribution in [2.75, 3.05) is 38.5 Å². The Kier molecular flexibility index (Phi) is 9.48. The zero-order chi connectivity index (χ0) is 26.7. The fourth-order valence-corrected chi connectivity index (χ4v) is 4.48. The predicted molar refractivity (Wildman–Crippen MR) is 157 cm³/mol. The zero-order valence-corrected chi connectivity index (χ0v) is 22.0. The molecule has 0 unspecified atom stereocenters. The molecule has 196 valence electrons. The molecule has 0 aliphatic carbocycles. The van der Waals surface area contributed by atoms with Crippen LogP contribution in [0.1, 0.15) is 42.0 Å². The van der Waals surface area contributed by atoms with Crippen molar-refractivity contribution >= 4 is 29.0 Å². The largest absolute Gasteiger partial charge is 0.492 e. The Balaban J connectivity index is 1.45. The Labute approximate surface area is 225 Å². The van der Waals surface area contributed by atoms with Gasteiger partial charge in [0, 0.05) is 49.7 Å². The molecule has 1 fully saturated rings. The van der Waals surface area contributed by atoms with Crippen LogP contribution in [0.4, 0.5) is 5.69 Å². The van der Waals surface area contributed by atoms with Crippen molar-refractivity contribution in [2.45, 2.75) is 19.8 Å². The van der Waals surface area contributed by atoms with Crippen LogP contribution in [0, 0.1) is 5.41 Å². The molecule has 38 heavy (non-hydrogen) atoms. The first-order valence-corrected chi connectivity index (χ1v) is 13.2. The van der Waals surface area contributed by atoms with Gasteiger partial charge in [-0.15, -0.1) is 0 Å². The van der Waals surface area contributed by atoms with Crippen LogP contribution in [0.15, 0.2) is 84.9 Å². The summed E-state index contributed by atoms with van der Waals surface area (Å²) in [7, 11) is 0. The summed E-state index contributed by atoms with van der Waals surface area (Å²) in [6.07, 6.45) is 6.76. The number of carbonyl (C=O) groups is 1. The maximum absolute atomic E-state index is 11.8. The summed E-state index contributed by atoms with van der Waals surface area (Å²) in [5.41, 5.74) is 13.0. The fraction of sp³-hybridized carbons (Fsp3) is 0.250. The number of likely N-dealkylation sites (tertiary alicyclic amines) is 1. The van der Waals surface area contributed by atoms with Crippen LogP contribution in [0.2, 0.25) is 0 Å². The van der Waals surface area contributed by atoms with Crippen molar-refractivity contribution in [1.82, 2.24) is 10.2 Å². The number of rotatable bonds is 12. The topological polar surface area (TPSA) is 91.4 Å². The zero-order valence-electron chi connectivity index (χ0n) is 22.0. The number of anilines is 1. The van der Waals surface area contributed by atoms with Gasteiger partial charge >= 0.3 is 0 Å². The van der Waals surface area contributed by atoms with Crippen molar-refractivity contribution in [1.29, 1.82) is 5.41 Å². The molecule has 1 aliphatic heterocycles. The number of nitrogens with zero attached hydrogens (tertiary/aromatic N) is 1. The normalized spacial score (nSPS) is 13.7. The molecule has 4 N–H and O–H groups in total. The van der Waals surface area contributed by atoms with Gasteiger partial charge in [-0.3, -0.25) is 4.79 Å². The van der Waals surface area contributed by atoms with Gasteiger partial charge in [-0.25, -0.2) is 0 Å². The SMILES string of the molecule is CC/C(=C(/c1ccc(OCCNC/C=C/C(=O)N2CCC2)cc1)c1ccc(N)c(C=N)c1)c1ccccc1. The van der Waals surface area contributed by atoms with Gasteiger partial charge in [-0.1, -0.05) is 61.5 Å². The second-order valence-electron chi connectivity index (χ2n) is 9.22. The molecule has 0 saturated carbocycles. The molecule has 3 aromatic rings. The summed E-state index contributed by atoms with van der Waals surface area (Å²) in [5.74, 6) is 0.892. The number of nitrogens with two attached hydrogens (primary N) is 1. The molecule has 0 atom stereocenters. The summed E-state index contributed by atoms with van der Waals surface area (Å²) in [6.45, 7) is 5.75. The van der Waals surface area contributed by atoms with E-state index in [1.807, 2.05) is 47.4 Å². The van der Waals surface area contributed by atoms with E-state index in [-0.39, 0.29) is 5.91 Å². The summed E-state index contributed by atoms with van der Waals surface area (Å²) >= 11 is 0. The van der Waals surface area contributed by atoms with E-state index in [1.54, 1.807) is 6.08 Å². The van der Waals surface area contributed by atoms with Gasteiger partial charge in [0.25, 0.3) is 0 Å². The van der Waals surface area contributed by atoms with Gasteiger partial charge in [-0.2, -0.15) is 0 Å². The molecule has 1 heterocycles. The Morgan fingerprint density at radius 3 is 2.42 bits per heavy atom. The van der Waals surface area contributed by atoms with E-state index < -0.39 is 0 Å². The summed E-state index contributed by atoms with van der Waals surface area (Å²) in [5, 5.41) is 11.0. The Morgan fingerprint density at radius 2 is 1.76 bits per heavy atom. The number of amides is 1. The van der Waals surface area contributed by atoms with Gasteiger partial charge in [0.05, 0.1) is 0 Å². The number of hydrogen-bond acceptors (Lipinski definition) is 5. The van der Waals surface area contributed by atoms with Gasteiger partial charge in [0.2, 0.25) is 5.91 Å². The smallest absolute Gasteiger partial charge is 0.246 e. The van der Waals surface area contributed by atoms with Crippen LogP contribution in [0.5, 0.6) is 5.75 Å². The average molecular weight is 509 g/mol. The highest BCUT2D eigenvalue weighted by Gasteiger charge is 2.17. The molecule has 0 aromatic heterocycles. The first-order valence-electron chi connectivity index (χ1n) is 13.2. The van der Waals surface area contributed by atoms with E-state index in [9.17, 15) is 4.79 Å². The number of benzene rings is 3.